The van der Waals surface area contributed by atoms with Crippen LogP contribution in [0, 0.1) is 0 Å². The van der Waals surface area contributed by atoms with Crippen molar-refractivity contribution in [2.24, 2.45) is 5.10 Å². The normalized spacial score (nSPS) is 10.4. The summed E-state index contributed by atoms with van der Waals surface area (Å²) in [6.45, 7) is 2.92. The number of methoxy groups -OCH3 is 1. The van der Waals surface area contributed by atoms with E-state index in [0.717, 1.165) is 24.9 Å². The van der Waals surface area contributed by atoms with Crippen LogP contribution in [0.2, 0.25) is 0 Å². The summed E-state index contributed by atoms with van der Waals surface area (Å²) in [5.74, 6) is 0.223. The van der Waals surface area contributed by atoms with Gasteiger partial charge in [0.15, 0.2) is 16.6 Å². The van der Waals surface area contributed by atoms with E-state index in [4.69, 9.17) is 21.7 Å². The van der Waals surface area contributed by atoms with Gasteiger partial charge in [0, 0.05) is 18.9 Å². The van der Waals surface area contributed by atoms with Crippen LogP contribution in [-0.4, -0.2) is 35.9 Å². The molecule has 0 aliphatic heterocycles. The first kappa shape index (κ1) is 20.3. The first-order valence-electron chi connectivity index (χ1n) is 8.51. The third kappa shape index (κ3) is 6.67. The van der Waals surface area contributed by atoms with Crippen LogP contribution in [0.3, 0.4) is 0 Å². The summed E-state index contributed by atoms with van der Waals surface area (Å²) in [7, 11) is 1.50. The van der Waals surface area contributed by atoms with Gasteiger partial charge in [0.2, 0.25) is 0 Å². The minimum atomic E-state index is -0.506. The molecule has 1 aromatic carbocycles. The summed E-state index contributed by atoms with van der Waals surface area (Å²) < 4.78 is 10.7. The molecule has 0 aliphatic carbocycles. The Kier molecular flexibility index (Phi) is 8.18. The molecule has 1 heterocycles. The SMILES string of the molecule is CCCCNC(=S)NN=Cc1ccc(OC(=O)c2cccnc2)c(OC)c1. The maximum absolute atomic E-state index is 12.1. The number of esters is 1. The number of hydrogen-bond acceptors (Lipinski definition) is 6. The van der Waals surface area contributed by atoms with E-state index in [-0.39, 0.29) is 0 Å². The Balaban J connectivity index is 1.98. The Morgan fingerprint density at radius 3 is 2.89 bits per heavy atom. The van der Waals surface area contributed by atoms with Crippen molar-refractivity contribution in [3.05, 3.63) is 53.9 Å². The molecule has 0 spiro atoms. The van der Waals surface area contributed by atoms with Gasteiger partial charge in [0.05, 0.1) is 18.9 Å². The van der Waals surface area contributed by atoms with Crippen LogP contribution in [0.25, 0.3) is 0 Å². The van der Waals surface area contributed by atoms with Gasteiger partial charge >= 0.3 is 5.97 Å². The van der Waals surface area contributed by atoms with Gasteiger partial charge in [-0.05, 0) is 54.5 Å². The molecule has 0 bridgehead atoms. The smallest absolute Gasteiger partial charge is 0.345 e. The molecule has 0 aliphatic rings. The van der Waals surface area contributed by atoms with E-state index in [2.05, 4.69) is 27.8 Å². The standard InChI is InChI=1S/C19H22N4O3S/c1-3-4-10-21-19(27)23-22-12-14-7-8-16(17(11-14)25-2)26-18(24)15-6-5-9-20-13-15/h5-9,11-13H,3-4,10H2,1-2H3,(H2,21,23,27). The molecule has 8 heteroatoms. The topological polar surface area (TPSA) is 84.8 Å². The highest BCUT2D eigenvalue weighted by Crippen LogP contribution is 2.28. The minimum Gasteiger partial charge on any atom is -0.493 e. The summed E-state index contributed by atoms with van der Waals surface area (Å²) in [6.07, 6.45) is 6.77. The van der Waals surface area contributed by atoms with Gasteiger partial charge < -0.3 is 14.8 Å². The molecule has 1 aromatic heterocycles. The molecular formula is C19H22N4O3S. The van der Waals surface area contributed by atoms with Crippen molar-refractivity contribution >= 4 is 29.5 Å². The highest BCUT2D eigenvalue weighted by molar-refractivity contribution is 7.80. The van der Waals surface area contributed by atoms with Crippen molar-refractivity contribution in [2.45, 2.75) is 19.8 Å². The number of aromatic nitrogens is 1. The van der Waals surface area contributed by atoms with Gasteiger partial charge in [-0.2, -0.15) is 5.10 Å². The molecule has 2 aromatic rings. The third-order valence-corrected chi connectivity index (χ3v) is 3.72. The van der Waals surface area contributed by atoms with E-state index < -0.39 is 5.97 Å². The van der Waals surface area contributed by atoms with Crippen LogP contribution >= 0.6 is 12.2 Å². The molecule has 0 saturated carbocycles. The van der Waals surface area contributed by atoms with Gasteiger partial charge in [-0.25, -0.2) is 4.79 Å². The zero-order chi connectivity index (χ0) is 19.5. The van der Waals surface area contributed by atoms with Crippen LogP contribution < -0.4 is 20.2 Å². The maximum Gasteiger partial charge on any atom is 0.345 e. The van der Waals surface area contributed by atoms with E-state index in [9.17, 15) is 4.79 Å². The van der Waals surface area contributed by atoms with Gasteiger partial charge in [-0.15, -0.1) is 0 Å². The molecule has 7 nitrogen and oxygen atoms in total. The number of unbranched alkanes of at least 4 members (excludes halogenated alkanes) is 1. The van der Waals surface area contributed by atoms with Crippen molar-refractivity contribution in [3.63, 3.8) is 0 Å². The van der Waals surface area contributed by atoms with E-state index in [1.165, 1.54) is 13.3 Å². The summed E-state index contributed by atoms with van der Waals surface area (Å²) >= 11 is 5.12. The fraction of sp³-hybridized carbons (Fsp3) is 0.263. The Labute approximate surface area is 163 Å². The van der Waals surface area contributed by atoms with E-state index in [0.29, 0.717) is 22.2 Å². The number of carbonyl (C=O) groups is 1. The van der Waals surface area contributed by atoms with Gasteiger partial charge in [0.25, 0.3) is 0 Å². The van der Waals surface area contributed by atoms with Crippen molar-refractivity contribution < 1.29 is 14.3 Å². The number of hydrazone groups is 1. The quantitative estimate of drug-likeness (QED) is 0.180. The molecule has 0 unspecified atom stereocenters. The summed E-state index contributed by atoms with van der Waals surface area (Å²) in [5.41, 5.74) is 3.87. The number of benzene rings is 1. The Bertz CT molecular complexity index is 797. The van der Waals surface area contributed by atoms with E-state index >= 15 is 0 Å². The zero-order valence-corrected chi connectivity index (χ0v) is 16.1. The second kappa shape index (κ2) is 10.9. The van der Waals surface area contributed by atoms with Crippen LogP contribution in [-0.2, 0) is 0 Å². The average Bonchev–Trinajstić information content (AvgIpc) is 2.69. The molecular weight excluding hydrogens is 364 g/mol. The Morgan fingerprint density at radius 1 is 1.33 bits per heavy atom. The van der Waals surface area contributed by atoms with Crippen LogP contribution in [0.15, 0.2) is 47.8 Å². The number of ether oxygens (including phenoxy) is 2. The van der Waals surface area contributed by atoms with Crippen molar-refractivity contribution in [3.8, 4) is 11.5 Å². The lowest BCUT2D eigenvalue weighted by Gasteiger charge is -2.10. The predicted molar refractivity (Wildman–Crippen MR) is 108 cm³/mol. The van der Waals surface area contributed by atoms with Crippen molar-refractivity contribution in [2.75, 3.05) is 13.7 Å². The fourth-order valence-electron chi connectivity index (χ4n) is 2.07. The number of carbonyl (C=O) groups excluding carboxylic acids is 1. The van der Waals surface area contributed by atoms with Crippen molar-refractivity contribution in [1.82, 2.24) is 15.7 Å². The molecule has 142 valence electrons. The third-order valence-electron chi connectivity index (χ3n) is 3.48. The second-order valence-electron chi connectivity index (χ2n) is 5.52. The Hall–Kier alpha value is -3.00. The molecule has 2 rings (SSSR count). The fourth-order valence-corrected chi connectivity index (χ4v) is 2.23. The van der Waals surface area contributed by atoms with E-state index in [1.54, 1.807) is 42.7 Å². The number of pyridine rings is 1. The largest absolute Gasteiger partial charge is 0.493 e. The van der Waals surface area contributed by atoms with Gasteiger partial charge in [-0.1, -0.05) is 13.3 Å². The first-order valence-corrected chi connectivity index (χ1v) is 8.92. The number of nitrogens with one attached hydrogen (secondary N) is 2. The molecule has 0 saturated heterocycles. The van der Waals surface area contributed by atoms with Crippen molar-refractivity contribution in [1.29, 1.82) is 0 Å². The maximum atomic E-state index is 12.1. The van der Waals surface area contributed by atoms with Gasteiger partial charge in [-0.3, -0.25) is 10.4 Å². The lowest BCUT2D eigenvalue weighted by Crippen LogP contribution is -2.32. The summed E-state index contributed by atoms with van der Waals surface area (Å²) in [4.78, 5) is 16.1. The molecule has 0 radical (unpaired) electrons. The number of hydrogen-bond donors (Lipinski definition) is 2. The van der Waals surface area contributed by atoms with E-state index in [1.807, 2.05) is 0 Å². The molecule has 27 heavy (non-hydrogen) atoms. The summed E-state index contributed by atoms with van der Waals surface area (Å²) in [6, 6.07) is 8.41. The molecule has 0 atom stereocenters. The monoisotopic (exact) mass is 386 g/mol. The first-order chi connectivity index (χ1) is 13.1. The van der Waals surface area contributed by atoms with Crippen LogP contribution in [0.1, 0.15) is 35.7 Å². The minimum absolute atomic E-state index is 0.313. The van der Waals surface area contributed by atoms with Crippen LogP contribution in [0.5, 0.6) is 11.5 Å². The lowest BCUT2D eigenvalue weighted by atomic mass is 10.2. The van der Waals surface area contributed by atoms with Crippen LogP contribution in [0.4, 0.5) is 0 Å². The lowest BCUT2D eigenvalue weighted by molar-refractivity contribution is 0.0729. The Morgan fingerprint density at radius 2 is 2.19 bits per heavy atom. The highest BCUT2D eigenvalue weighted by Gasteiger charge is 2.12. The number of thiocarbonyl (C=S) groups is 1. The average molecular weight is 386 g/mol. The van der Waals surface area contributed by atoms with Gasteiger partial charge in [0.1, 0.15) is 0 Å². The summed E-state index contributed by atoms with van der Waals surface area (Å²) in [5, 5.41) is 7.61. The predicted octanol–water partition coefficient (Wildman–Crippen LogP) is 2.91. The number of nitrogens with zero attached hydrogens (tertiary/aromatic N) is 2. The second-order valence-corrected chi connectivity index (χ2v) is 5.93. The number of rotatable bonds is 8. The molecule has 0 fully saturated rings. The molecule has 0 amide bonds. The highest BCUT2D eigenvalue weighted by atomic mass is 32.1. The molecule has 2 N–H and O–H groups in total. The zero-order valence-electron chi connectivity index (χ0n) is 15.3.